The van der Waals surface area contributed by atoms with Crippen molar-refractivity contribution in [2.24, 2.45) is 0 Å². The van der Waals surface area contributed by atoms with E-state index in [1.165, 1.54) is 22.4 Å². The Morgan fingerprint density at radius 1 is 1.02 bits per heavy atom. The SMILES string of the molecule is CN(C)CCn1ncc2c1-c1ccccc1OC21CCN(Cc2ccsc2)CC1.O=C(O)C(F)(F)F.O=C(O)C(F)(F)F. The van der Waals surface area contributed by atoms with Crippen molar-refractivity contribution < 1.29 is 50.9 Å². The molecule has 0 unspecified atom stereocenters. The number of benzene rings is 1. The van der Waals surface area contributed by atoms with Crippen LogP contribution in [0.2, 0.25) is 0 Å². The fraction of sp³-hybridized carbons (Fsp3) is 0.444. The van der Waals surface area contributed by atoms with Gasteiger partial charge >= 0.3 is 24.3 Å². The number of hydrogen-bond acceptors (Lipinski definition) is 7. The normalized spacial score (nSPS) is 15.7. The van der Waals surface area contributed by atoms with E-state index in [1.54, 1.807) is 11.3 Å². The lowest BCUT2D eigenvalue weighted by molar-refractivity contribution is -0.193. The number of para-hydroxylation sites is 1. The van der Waals surface area contributed by atoms with Crippen LogP contribution in [-0.2, 0) is 28.3 Å². The van der Waals surface area contributed by atoms with E-state index in [1.807, 2.05) is 0 Å². The molecule has 5 rings (SSSR count). The number of piperidine rings is 1. The standard InChI is InChI=1S/C23H28N4OS.2C2HF3O2/c1-25(2)12-13-27-22-19-5-3-4-6-21(19)28-23(20(22)15-24-27)8-10-26(11-9-23)16-18-7-14-29-17-18;2*3-2(4,5)1(6)7/h3-7,14-15,17H,8-13,16H2,1-2H3;2*(H,6,7). The van der Waals surface area contributed by atoms with Crippen LogP contribution in [0, 0.1) is 0 Å². The molecular formula is C27H30F6N4O5S. The van der Waals surface area contributed by atoms with Gasteiger partial charge in [0.05, 0.1) is 18.4 Å². The summed E-state index contributed by atoms with van der Waals surface area (Å²) in [5.41, 5.74) is 4.85. The molecule has 2 aliphatic rings. The second kappa shape index (κ2) is 13.8. The second-order valence-electron chi connectivity index (χ2n) is 10.0. The topological polar surface area (TPSA) is 108 Å². The number of aromatic nitrogens is 2. The molecule has 1 saturated heterocycles. The number of carboxylic acids is 2. The van der Waals surface area contributed by atoms with Gasteiger partial charge in [-0.25, -0.2) is 9.59 Å². The number of likely N-dealkylation sites (tertiary alicyclic amines) is 1. The van der Waals surface area contributed by atoms with Gasteiger partial charge in [0.25, 0.3) is 0 Å². The number of rotatable bonds is 5. The Hall–Kier alpha value is -3.63. The number of ether oxygens (including phenoxy) is 1. The highest BCUT2D eigenvalue weighted by Crippen LogP contribution is 2.49. The molecule has 0 bridgehead atoms. The molecule has 2 N–H and O–H groups in total. The van der Waals surface area contributed by atoms with E-state index in [9.17, 15) is 26.3 Å². The van der Waals surface area contributed by atoms with Crippen molar-refractivity contribution in [2.75, 3.05) is 33.7 Å². The zero-order chi connectivity index (χ0) is 32.0. The minimum absolute atomic E-state index is 0.259. The summed E-state index contributed by atoms with van der Waals surface area (Å²) in [7, 11) is 4.22. The Morgan fingerprint density at radius 2 is 1.60 bits per heavy atom. The number of alkyl halides is 6. The van der Waals surface area contributed by atoms with Crippen LogP contribution in [0.25, 0.3) is 11.3 Å². The van der Waals surface area contributed by atoms with Crippen LogP contribution in [0.5, 0.6) is 5.75 Å². The first-order valence-electron chi connectivity index (χ1n) is 12.9. The number of carboxylic acid groups (broad SMARTS) is 2. The highest BCUT2D eigenvalue weighted by Gasteiger charge is 2.45. The maximum Gasteiger partial charge on any atom is 0.490 e. The fourth-order valence-electron chi connectivity index (χ4n) is 4.57. The number of carbonyl (C=O) groups is 2. The molecule has 4 heterocycles. The van der Waals surface area contributed by atoms with Crippen molar-refractivity contribution >= 4 is 23.3 Å². The van der Waals surface area contributed by atoms with Crippen LogP contribution < -0.4 is 4.74 Å². The summed E-state index contributed by atoms with van der Waals surface area (Å²) in [6, 6.07) is 10.7. The fourth-order valence-corrected chi connectivity index (χ4v) is 5.23. The highest BCUT2D eigenvalue weighted by molar-refractivity contribution is 7.07. The summed E-state index contributed by atoms with van der Waals surface area (Å²) < 4.78 is 72.4. The number of hydrogen-bond donors (Lipinski definition) is 2. The van der Waals surface area contributed by atoms with Crippen LogP contribution >= 0.6 is 11.3 Å². The molecule has 3 aromatic rings. The Bertz CT molecular complexity index is 1340. The quantitative estimate of drug-likeness (QED) is 0.363. The van der Waals surface area contributed by atoms with E-state index in [2.05, 4.69) is 75.9 Å². The number of likely N-dealkylation sites (N-methyl/N-ethyl adjacent to an activating group) is 1. The van der Waals surface area contributed by atoms with Gasteiger partial charge in [0.2, 0.25) is 0 Å². The molecule has 0 amide bonds. The molecule has 236 valence electrons. The Balaban J connectivity index is 0.000000303. The van der Waals surface area contributed by atoms with E-state index >= 15 is 0 Å². The molecule has 0 radical (unpaired) electrons. The van der Waals surface area contributed by atoms with Gasteiger partial charge in [0.15, 0.2) is 0 Å². The van der Waals surface area contributed by atoms with Gasteiger partial charge in [-0.15, -0.1) is 0 Å². The van der Waals surface area contributed by atoms with Crippen molar-refractivity contribution in [3.05, 3.63) is 58.4 Å². The molecule has 9 nitrogen and oxygen atoms in total. The van der Waals surface area contributed by atoms with Crippen molar-refractivity contribution in [1.82, 2.24) is 19.6 Å². The first-order valence-corrected chi connectivity index (χ1v) is 13.8. The molecule has 0 saturated carbocycles. The molecule has 2 aromatic heterocycles. The van der Waals surface area contributed by atoms with Crippen molar-refractivity contribution in [2.45, 2.75) is 43.9 Å². The van der Waals surface area contributed by atoms with Gasteiger partial charge in [0.1, 0.15) is 11.4 Å². The summed E-state index contributed by atoms with van der Waals surface area (Å²) in [6.45, 7) is 4.97. The predicted octanol–water partition coefficient (Wildman–Crippen LogP) is 5.32. The van der Waals surface area contributed by atoms with Gasteiger partial charge in [-0.2, -0.15) is 42.8 Å². The average Bonchev–Trinajstić information content (AvgIpc) is 3.59. The first-order chi connectivity index (χ1) is 20.0. The third-order valence-electron chi connectivity index (χ3n) is 6.67. The number of nitrogens with zero attached hydrogens (tertiary/aromatic N) is 4. The second-order valence-corrected chi connectivity index (χ2v) is 10.8. The van der Waals surface area contributed by atoms with Crippen LogP contribution in [0.1, 0.15) is 24.0 Å². The van der Waals surface area contributed by atoms with Gasteiger partial charge in [-0.05, 0) is 48.6 Å². The van der Waals surface area contributed by atoms with Gasteiger partial charge in [-0.1, -0.05) is 12.1 Å². The molecule has 16 heteroatoms. The maximum atomic E-state index is 10.6. The van der Waals surface area contributed by atoms with E-state index in [-0.39, 0.29) is 5.60 Å². The first kappa shape index (κ1) is 33.9. The van der Waals surface area contributed by atoms with E-state index < -0.39 is 24.3 Å². The third-order valence-corrected chi connectivity index (χ3v) is 7.40. The van der Waals surface area contributed by atoms with Gasteiger partial charge in [-0.3, -0.25) is 9.58 Å². The Morgan fingerprint density at radius 3 is 2.12 bits per heavy atom. The molecule has 0 aliphatic carbocycles. The highest BCUT2D eigenvalue weighted by atomic mass is 32.1. The van der Waals surface area contributed by atoms with Gasteiger partial charge in [0, 0.05) is 50.1 Å². The van der Waals surface area contributed by atoms with Crippen molar-refractivity contribution in [1.29, 1.82) is 0 Å². The van der Waals surface area contributed by atoms with Gasteiger partial charge < -0.3 is 19.8 Å². The molecule has 1 aromatic carbocycles. The number of halogens is 6. The molecular weight excluding hydrogens is 606 g/mol. The lowest BCUT2D eigenvalue weighted by atomic mass is 9.81. The van der Waals surface area contributed by atoms with E-state index in [4.69, 9.17) is 29.6 Å². The largest absolute Gasteiger partial charge is 0.490 e. The van der Waals surface area contributed by atoms with Crippen molar-refractivity contribution in [3.8, 4) is 17.0 Å². The lowest BCUT2D eigenvalue weighted by Crippen LogP contribution is -2.47. The number of fused-ring (bicyclic) bond motifs is 4. The minimum Gasteiger partial charge on any atom is -0.482 e. The van der Waals surface area contributed by atoms with Crippen molar-refractivity contribution in [3.63, 3.8) is 0 Å². The zero-order valence-corrected chi connectivity index (χ0v) is 24.0. The predicted molar refractivity (Wildman–Crippen MR) is 145 cm³/mol. The molecule has 1 fully saturated rings. The zero-order valence-electron chi connectivity index (χ0n) is 23.2. The molecule has 43 heavy (non-hydrogen) atoms. The summed E-state index contributed by atoms with van der Waals surface area (Å²) >= 11 is 1.78. The lowest BCUT2D eigenvalue weighted by Gasteiger charge is -2.44. The van der Waals surface area contributed by atoms with Crippen LogP contribution in [0.15, 0.2) is 47.3 Å². The summed E-state index contributed by atoms with van der Waals surface area (Å²) in [6.07, 6.45) is -6.11. The third kappa shape index (κ3) is 8.93. The average molecular weight is 637 g/mol. The van der Waals surface area contributed by atoms with Crippen LogP contribution in [-0.4, -0.2) is 87.8 Å². The molecule has 1 spiro atoms. The van der Waals surface area contributed by atoms with E-state index in [0.29, 0.717) is 0 Å². The smallest absolute Gasteiger partial charge is 0.482 e. The maximum absolute atomic E-state index is 10.6. The summed E-state index contributed by atoms with van der Waals surface area (Å²) in [5.74, 6) is -4.52. The molecule has 2 aliphatic heterocycles. The van der Waals surface area contributed by atoms with Crippen LogP contribution in [0.3, 0.4) is 0 Å². The Kier molecular flexibility index (Phi) is 10.8. The molecule has 0 atom stereocenters. The van der Waals surface area contributed by atoms with E-state index in [0.717, 1.165) is 51.3 Å². The summed E-state index contributed by atoms with van der Waals surface area (Å²) in [5, 5.41) is 23.5. The monoisotopic (exact) mass is 636 g/mol. The number of aliphatic carboxylic acids is 2. The summed E-state index contributed by atoms with van der Waals surface area (Å²) in [4.78, 5) is 22.5. The number of thiophene rings is 1. The minimum atomic E-state index is -5.08. The van der Waals surface area contributed by atoms with Crippen LogP contribution in [0.4, 0.5) is 26.3 Å². The Labute approximate surface area is 246 Å².